The maximum Gasteiger partial charge on any atom is 0.322 e. The Labute approximate surface area is 231 Å². The van der Waals surface area contributed by atoms with Gasteiger partial charge in [0.25, 0.3) is 0 Å². The Kier molecular flexibility index (Phi) is 9.69. The molecule has 0 saturated carbocycles. The van der Waals surface area contributed by atoms with Gasteiger partial charge in [0.05, 0.1) is 13.7 Å². The van der Waals surface area contributed by atoms with E-state index in [4.69, 9.17) is 9.47 Å². The van der Waals surface area contributed by atoms with Crippen molar-refractivity contribution in [2.24, 2.45) is 0 Å². The topological polar surface area (TPSA) is 86.9 Å². The molecule has 210 valence electrons. The molecule has 2 N–H and O–H groups in total. The fraction of sp³-hybridized carbons (Fsp3) is 0.267. The van der Waals surface area contributed by atoms with Crippen molar-refractivity contribution in [2.45, 2.75) is 13.0 Å². The first-order valence-electron chi connectivity index (χ1n) is 12.8. The largest absolute Gasteiger partial charge is 0.496 e. The second kappa shape index (κ2) is 13.6. The molecule has 0 aliphatic rings. The van der Waals surface area contributed by atoms with Gasteiger partial charge in [-0.05, 0) is 36.2 Å². The summed E-state index contributed by atoms with van der Waals surface area (Å²) in [4.78, 5) is 33.0. The number of hydrogen-bond acceptors (Lipinski definition) is 4. The van der Waals surface area contributed by atoms with Crippen LogP contribution < -0.4 is 10.1 Å². The van der Waals surface area contributed by atoms with Gasteiger partial charge in [-0.25, -0.2) is 13.6 Å². The molecule has 1 aromatic heterocycles. The molecule has 0 bridgehead atoms. The van der Waals surface area contributed by atoms with E-state index in [0.717, 1.165) is 34.2 Å². The molecular weight excluding hydrogens is 518 g/mol. The number of carbonyl (C=O) groups is 2. The molecule has 40 heavy (non-hydrogen) atoms. The lowest BCUT2D eigenvalue weighted by Gasteiger charge is -2.28. The SMILES string of the molecule is COCCN(CC(=O)N(CCc1c[nH]c2ccccc12)Cc1ccccc1OC)C(=O)Nc1ccc(F)c(F)c1. The third-order valence-electron chi connectivity index (χ3n) is 6.58. The number of halogens is 2. The number of methoxy groups -OCH3 is 2. The number of urea groups is 1. The van der Waals surface area contributed by atoms with E-state index in [1.165, 1.54) is 18.1 Å². The molecule has 0 unspecified atom stereocenters. The van der Waals surface area contributed by atoms with Gasteiger partial charge in [-0.15, -0.1) is 0 Å². The lowest BCUT2D eigenvalue weighted by molar-refractivity contribution is -0.132. The van der Waals surface area contributed by atoms with Gasteiger partial charge < -0.3 is 29.6 Å². The fourth-order valence-electron chi connectivity index (χ4n) is 4.42. The molecule has 0 saturated heterocycles. The summed E-state index contributed by atoms with van der Waals surface area (Å²) >= 11 is 0. The molecule has 0 radical (unpaired) electrons. The van der Waals surface area contributed by atoms with Crippen LogP contribution in [0.1, 0.15) is 11.1 Å². The van der Waals surface area contributed by atoms with Crippen molar-refractivity contribution >= 4 is 28.5 Å². The summed E-state index contributed by atoms with van der Waals surface area (Å²) in [5.74, 6) is -1.74. The average Bonchev–Trinajstić information content (AvgIpc) is 3.38. The first kappa shape index (κ1) is 28.6. The summed E-state index contributed by atoms with van der Waals surface area (Å²) in [6.45, 7) is 0.709. The predicted molar refractivity (Wildman–Crippen MR) is 149 cm³/mol. The number of benzene rings is 3. The molecule has 0 atom stereocenters. The van der Waals surface area contributed by atoms with Crippen LogP contribution in [0.3, 0.4) is 0 Å². The highest BCUT2D eigenvalue weighted by molar-refractivity contribution is 5.92. The Morgan fingerprint density at radius 1 is 0.900 bits per heavy atom. The van der Waals surface area contributed by atoms with E-state index in [2.05, 4.69) is 10.3 Å². The highest BCUT2D eigenvalue weighted by Gasteiger charge is 2.23. The summed E-state index contributed by atoms with van der Waals surface area (Å²) in [7, 11) is 3.06. The number of aromatic nitrogens is 1. The molecule has 8 nitrogen and oxygen atoms in total. The van der Waals surface area contributed by atoms with Gasteiger partial charge in [-0.1, -0.05) is 36.4 Å². The highest BCUT2D eigenvalue weighted by atomic mass is 19.2. The maximum atomic E-state index is 13.7. The van der Waals surface area contributed by atoms with Gasteiger partial charge >= 0.3 is 6.03 Å². The standard InChI is InChI=1S/C30H32F2N4O4/c1-39-16-15-36(30(38)34-23-11-12-25(31)26(32)17-23)20-29(37)35(19-22-7-3-6-10-28(22)40-2)14-13-21-18-33-27-9-5-4-8-24(21)27/h3-12,17-18,33H,13-16,19-20H2,1-2H3,(H,34,38). The second-order valence-electron chi connectivity index (χ2n) is 9.21. The zero-order chi connectivity index (χ0) is 28.5. The summed E-state index contributed by atoms with van der Waals surface area (Å²) < 4.78 is 37.7. The fourth-order valence-corrected chi connectivity index (χ4v) is 4.42. The van der Waals surface area contributed by atoms with Crippen molar-refractivity contribution in [3.05, 3.63) is 95.7 Å². The smallest absolute Gasteiger partial charge is 0.322 e. The highest BCUT2D eigenvalue weighted by Crippen LogP contribution is 2.22. The summed E-state index contributed by atoms with van der Waals surface area (Å²) in [6, 6.07) is 17.8. The van der Waals surface area contributed by atoms with Crippen LogP contribution in [0.4, 0.5) is 19.3 Å². The number of amides is 3. The molecule has 1 heterocycles. The number of rotatable bonds is 12. The van der Waals surface area contributed by atoms with Crippen molar-refractivity contribution in [1.82, 2.24) is 14.8 Å². The Morgan fingerprint density at radius 3 is 2.45 bits per heavy atom. The molecule has 3 aromatic carbocycles. The Bertz CT molecular complexity index is 1460. The summed E-state index contributed by atoms with van der Waals surface area (Å²) in [6.07, 6.45) is 2.53. The quantitative estimate of drug-likeness (QED) is 0.254. The van der Waals surface area contributed by atoms with Crippen LogP contribution in [-0.4, -0.2) is 67.2 Å². The molecular formula is C30H32F2N4O4. The minimum Gasteiger partial charge on any atom is -0.496 e. The third-order valence-corrected chi connectivity index (χ3v) is 6.58. The van der Waals surface area contributed by atoms with Crippen LogP contribution in [0, 0.1) is 11.6 Å². The zero-order valence-corrected chi connectivity index (χ0v) is 22.5. The van der Waals surface area contributed by atoms with Crippen LogP contribution in [0.15, 0.2) is 72.9 Å². The minimum absolute atomic E-state index is 0.0731. The lowest BCUT2D eigenvalue weighted by Crippen LogP contribution is -2.46. The van der Waals surface area contributed by atoms with E-state index in [1.807, 2.05) is 54.7 Å². The Hall–Kier alpha value is -4.44. The Balaban J connectivity index is 1.54. The number of para-hydroxylation sites is 2. The van der Waals surface area contributed by atoms with E-state index in [0.29, 0.717) is 18.7 Å². The van der Waals surface area contributed by atoms with Crippen LogP contribution in [-0.2, 0) is 22.5 Å². The van der Waals surface area contributed by atoms with Crippen molar-refractivity contribution in [3.8, 4) is 5.75 Å². The summed E-state index contributed by atoms with van der Waals surface area (Å²) in [5, 5.41) is 3.62. The number of H-pyrrole nitrogens is 1. The van der Waals surface area contributed by atoms with E-state index in [1.54, 1.807) is 12.0 Å². The monoisotopic (exact) mass is 550 g/mol. The molecule has 3 amide bonds. The van der Waals surface area contributed by atoms with Gasteiger partial charge in [0.1, 0.15) is 12.3 Å². The van der Waals surface area contributed by atoms with Crippen LogP contribution >= 0.6 is 0 Å². The first-order chi connectivity index (χ1) is 19.4. The minimum atomic E-state index is -1.09. The van der Waals surface area contributed by atoms with Crippen LogP contribution in [0.5, 0.6) is 5.75 Å². The van der Waals surface area contributed by atoms with Crippen LogP contribution in [0.25, 0.3) is 10.9 Å². The number of nitrogens with zero attached hydrogens (tertiary/aromatic N) is 2. The number of anilines is 1. The number of aromatic amines is 1. The van der Waals surface area contributed by atoms with Gasteiger partial charge in [-0.2, -0.15) is 0 Å². The van der Waals surface area contributed by atoms with E-state index in [9.17, 15) is 18.4 Å². The third kappa shape index (κ3) is 7.15. The molecule has 10 heteroatoms. The van der Waals surface area contributed by atoms with Crippen LogP contribution in [0.2, 0.25) is 0 Å². The average molecular weight is 551 g/mol. The van der Waals surface area contributed by atoms with Gasteiger partial charge in [0.15, 0.2) is 11.6 Å². The molecule has 0 aliphatic carbocycles. The maximum absolute atomic E-state index is 13.7. The van der Waals surface area contributed by atoms with E-state index < -0.39 is 17.7 Å². The van der Waals surface area contributed by atoms with Gasteiger partial charge in [0.2, 0.25) is 5.91 Å². The number of hydrogen-bond donors (Lipinski definition) is 2. The van der Waals surface area contributed by atoms with Crippen molar-refractivity contribution in [2.75, 3.05) is 45.8 Å². The van der Waals surface area contributed by atoms with Gasteiger partial charge in [-0.3, -0.25) is 4.79 Å². The van der Waals surface area contributed by atoms with Crippen molar-refractivity contribution in [1.29, 1.82) is 0 Å². The Morgan fingerprint density at radius 2 is 1.68 bits per heavy atom. The number of ether oxygens (including phenoxy) is 2. The van der Waals surface area contributed by atoms with E-state index in [-0.39, 0.29) is 37.8 Å². The molecule has 4 rings (SSSR count). The predicted octanol–water partition coefficient (Wildman–Crippen LogP) is 5.21. The molecule has 0 aliphatic heterocycles. The summed E-state index contributed by atoms with van der Waals surface area (Å²) in [5.41, 5.74) is 2.98. The van der Waals surface area contributed by atoms with Crippen molar-refractivity contribution < 1.29 is 27.8 Å². The second-order valence-corrected chi connectivity index (χ2v) is 9.21. The number of fused-ring (bicyclic) bond motifs is 1. The van der Waals surface area contributed by atoms with Crippen molar-refractivity contribution in [3.63, 3.8) is 0 Å². The molecule has 0 spiro atoms. The normalized spacial score (nSPS) is 10.9. The van der Waals surface area contributed by atoms with Gasteiger partial charge in [0, 0.05) is 61.2 Å². The lowest BCUT2D eigenvalue weighted by atomic mass is 10.1. The first-order valence-corrected chi connectivity index (χ1v) is 12.8. The molecule has 0 fully saturated rings. The molecule has 4 aromatic rings. The number of nitrogens with one attached hydrogen (secondary N) is 2. The van der Waals surface area contributed by atoms with E-state index >= 15 is 0 Å². The number of carbonyl (C=O) groups excluding carboxylic acids is 2. The zero-order valence-electron chi connectivity index (χ0n) is 22.5.